The number of nitrogens with two attached hydrogens (primary N) is 1. The van der Waals surface area contributed by atoms with Gasteiger partial charge in [0.05, 0.1) is 5.54 Å². The van der Waals surface area contributed by atoms with Crippen LogP contribution in [0.3, 0.4) is 0 Å². The van der Waals surface area contributed by atoms with Crippen molar-refractivity contribution in [1.82, 2.24) is 5.32 Å². The molecule has 1 amide bonds. The number of amides is 1. The van der Waals surface area contributed by atoms with Gasteiger partial charge in [-0.05, 0) is 39.0 Å². The molecular weight excluding hydrogens is 200 g/mol. The van der Waals surface area contributed by atoms with Crippen LogP contribution >= 0.6 is 0 Å². The Bertz CT molecular complexity index is 249. The average molecular weight is 228 g/mol. The van der Waals surface area contributed by atoms with Crippen LogP contribution in [0.5, 0.6) is 0 Å². The van der Waals surface area contributed by atoms with E-state index in [-0.39, 0.29) is 16.9 Å². The van der Waals surface area contributed by atoms with Gasteiger partial charge in [-0.3, -0.25) is 4.79 Å². The molecule has 0 aliphatic rings. The highest BCUT2D eigenvalue weighted by molar-refractivity contribution is 5.86. The first-order chi connectivity index (χ1) is 6.90. The van der Waals surface area contributed by atoms with Gasteiger partial charge in [-0.1, -0.05) is 27.7 Å². The fourth-order valence-electron chi connectivity index (χ4n) is 1.98. The molecule has 3 heteroatoms. The third kappa shape index (κ3) is 5.50. The summed E-state index contributed by atoms with van der Waals surface area (Å²) in [4.78, 5) is 12.0. The molecule has 0 aromatic rings. The zero-order valence-corrected chi connectivity index (χ0v) is 11.9. The lowest BCUT2D eigenvalue weighted by molar-refractivity contribution is -0.127. The number of hydrogen-bond donors (Lipinski definition) is 2. The fraction of sp³-hybridized carbons (Fsp3) is 0.923. The molecule has 0 bridgehead atoms. The molecule has 0 fully saturated rings. The molecule has 0 aromatic heterocycles. The Hall–Kier alpha value is -0.570. The van der Waals surface area contributed by atoms with Crippen LogP contribution in [0.1, 0.15) is 61.3 Å². The van der Waals surface area contributed by atoms with Gasteiger partial charge in [0.2, 0.25) is 5.91 Å². The van der Waals surface area contributed by atoms with Gasteiger partial charge >= 0.3 is 0 Å². The molecule has 0 rings (SSSR count). The second kappa shape index (κ2) is 4.74. The first kappa shape index (κ1) is 15.4. The van der Waals surface area contributed by atoms with E-state index in [4.69, 9.17) is 5.73 Å². The van der Waals surface area contributed by atoms with Crippen LogP contribution in [0, 0.1) is 5.41 Å². The van der Waals surface area contributed by atoms with Gasteiger partial charge in [-0.25, -0.2) is 0 Å². The molecule has 0 spiro atoms. The summed E-state index contributed by atoms with van der Waals surface area (Å²) in [6.45, 7) is 14.3. The van der Waals surface area contributed by atoms with E-state index in [2.05, 4.69) is 26.1 Å². The van der Waals surface area contributed by atoms with E-state index in [1.54, 1.807) is 6.92 Å². The molecule has 1 atom stereocenters. The maximum atomic E-state index is 12.0. The Morgan fingerprint density at radius 1 is 1.12 bits per heavy atom. The standard InChI is InChI=1S/C13H28N2O/c1-8-13(7,14)10(16)15-12(5,6)9-11(2,3)4/h8-9,14H2,1-7H3,(H,15,16). The van der Waals surface area contributed by atoms with E-state index < -0.39 is 5.54 Å². The molecule has 0 aliphatic carbocycles. The molecule has 0 aliphatic heterocycles. The summed E-state index contributed by atoms with van der Waals surface area (Å²) in [6, 6.07) is 0. The van der Waals surface area contributed by atoms with Crippen LogP contribution in [0.25, 0.3) is 0 Å². The lowest BCUT2D eigenvalue weighted by Crippen LogP contribution is -2.57. The molecule has 0 aromatic carbocycles. The van der Waals surface area contributed by atoms with Crippen molar-refractivity contribution in [2.75, 3.05) is 0 Å². The minimum atomic E-state index is -0.769. The van der Waals surface area contributed by atoms with Crippen molar-refractivity contribution in [3.63, 3.8) is 0 Å². The van der Waals surface area contributed by atoms with Crippen LogP contribution in [0.15, 0.2) is 0 Å². The smallest absolute Gasteiger partial charge is 0.240 e. The van der Waals surface area contributed by atoms with Gasteiger partial charge in [-0.15, -0.1) is 0 Å². The van der Waals surface area contributed by atoms with Crippen molar-refractivity contribution >= 4 is 5.91 Å². The fourth-order valence-corrected chi connectivity index (χ4v) is 1.98. The molecule has 0 saturated heterocycles. The molecule has 96 valence electrons. The minimum Gasteiger partial charge on any atom is -0.350 e. The minimum absolute atomic E-state index is 0.0655. The predicted octanol–water partition coefficient (Wildman–Crippen LogP) is 2.44. The number of hydrogen-bond acceptors (Lipinski definition) is 2. The Morgan fingerprint density at radius 3 is 1.88 bits per heavy atom. The summed E-state index contributed by atoms with van der Waals surface area (Å²) in [6.07, 6.45) is 1.57. The first-order valence-electron chi connectivity index (χ1n) is 6.01. The SMILES string of the molecule is CCC(C)(N)C(=O)NC(C)(C)CC(C)(C)C. The average Bonchev–Trinajstić information content (AvgIpc) is 1.98. The summed E-state index contributed by atoms with van der Waals surface area (Å²) in [7, 11) is 0. The topological polar surface area (TPSA) is 55.1 Å². The largest absolute Gasteiger partial charge is 0.350 e. The Kier molecular flexibility index (Phi) is 4.57. The Labute approximate surface area is 100 Å². The molecule has 0 saturated carbocycles. The van der Waals surface area contributed by atoms with Crippen LogP contribution < -0.4 is 11.1 Å². The van der Waals surface area contributed by atoms with Gasteiger partial charge in [0.25, 0.3) is 0 Å². The van der Waals surface area contributed by atoms with Crippen molar-refractivity contribution in [3.05, 3.63) is 0 Å². The van der Waals surface area contributed by atoms with E-state index in [9.17, 15) is 4.79 Å². The third-order valence-corrected chi connectivity index (χ3v) is 2.68. The Morgan fingerprint density at radius 2 is 1.56 bits per heavy atom. The number of carbonyl (C=O) groups is 1. The van der Waals surface area contributed by atoms with E-state index >= 15 is 0 Å². The van der Waals surface area contributed by atoms with Crippen LogP contribution in [-0.2, 0) is 4.79 Å². The zero-order chi connectivity index (χ0) is 13.2. The van der Waals surface area contributed by atoms with E-state index in [1.165, 1.54) is 0 Å². The van der Waals surface area contributed by atoms with E-state index in [0.717, 1.165) is 6.42 Å². The van der Waals surface area contributed by atoms with E-state index in [0.29, 0.717) is 6.42 Å². The van der Waals surface area contributed by atoms with Crippen molar-refractivity contribution in [1.29, 1.82) is 0 Å². The molecule has 0 radical (unpaired) electrons. The van der Waals surface area contributed by atoms with Gasteiger partial charge in [0.15, 0.2) is 0 Å². The molecule has 3 N–H and O–H groups in total. The van der Waals surface area contributed by atoms with Crippen molar-refractivity contribution in [2.24, 2.45) is 11.1 Å². The summed E-state index contributed by atoms with van der Waals surface area (Å²) >= 11 is 0. The maximum Gasteiger partial charge on any atom is 0.240 e. The van der Waals surface area contributed by atoms with E-state index in [1.807, 2.05) is 20.8 Å². The van der Waals surface area contributed by atoms with Crippen LogP contribution in [0.2, 0.25) is 0 Å². The molecule has 16 heavy (non-hydrogen) atoms. The van der Waals surface area contributed by atoms with Crippen molar-refractivity contribution < 1.29 is 4.79 Å². The van der Waals surface area contributed by atoms with Gasteiger partial charge < -0.3 is 11.1 Å². The summed E-state index contributed by atoms with van der Waals surface area (Å²) < 4.78 is 0. The maximum absolute atomic E-state index is 12.0. The highest BCUT2D eigenvalue weighted by Gasteiger charge is 2.33. The molecular formula is C13H28N2O. The summed E-state index contributed by atoms with van der Waals surface area (Å²) in [5, 5.41) is 3.04. The quantitative estimate of drug-likeness (QED) is 0.776. The molecule has 0 heterocycles. The predicted molar refractivity (Wildman–Crippen MR) is 69.2 cm³/mol. The number of rotatable bonds is 4. The highest BCUT2D eigenvalue weighted by atomic mass is 16.2. The van der Waals surface area contributed by atoms with Gasteiger partial charge in [-0.2, -0.15) is 0 Å². The lowest BCUT2D eigenvalue weighted by Gasteiger charge is -2.36. The normalized spacial score (nSPS) is 16.8. The second-order valence-electron chi connectivity index (χ2n) is 6.85. The van der Waals surface area contributed by atoms with Crippen molar-refractivity contribution in [3.8, 4) is 0 Å². The first-order valence-corrected chi connectivity index (χ1v) is 6.01. The molecule has 1 unspecified atom stereocenters. The number of nitrogens with one attached hydrogen (secondary N) is 1. The Balaban J connectivity index is 4.55. The van der Waals surface area contributed by atoms with Crippen molar-refractivity contribution in [2.45, 2.75) is 72.4 Å². The summed E-state index contributed by atoms with van der Waals surface area (Å²) in [5.74, 6) is -0.0655. The van der Waals surface area contributed by atoms with Gasteiger partial charge in [0.1, 0.15) is 0 Å². The monoisotopic (exact) mass is 228 g/mol. The second-order valence-corrected chi connectivity index (χ2v) is 6.85. The van der Waals surface area contributed by atoms with Gasteiger partial charge in [0, 0.05) is 5.54 Å². The number of carbonyl (C=O) groups excluding carboxylic acids is 1. The third-order valence-electron chi connectivity index (χ3n) is 2.68. The lowest BCUT2D eigenvalue weighted by atomic mass is 9.81. The van der Waals surface area contributed by atoms with Crippen LogP contribution in [0.4, 0.5) is 0 Å². The van der Waals surface area contributed by atoms with Crippen LogP contribution in [-0.4, -0.2) is 17.0 Å². The zero-order valence-electron chi connectivity index (χ0n) is 11.9. The molecule has 3 nitrogen and oxygen atoms in total. The summed E-state index contributed by atoms with van der Waals surface area (Å²) in [5.41, 5.74) is 5.12. The highest BCUT2D eigenvalue weighted by Crippen LogP contribution is 2.27.